The zero-order valence-corrected chi connectivity index (χ0v) is 9.81. The highest BCUT2D eigenvalue weighted by Crippen LogP contribution is 2.24. The highest BCUT2D eigenvalue weighted by Gasteiger charge is 2.08. The molecule has 0 aliphatic heterocycles. The second kappa shape index (κ2) is 5.98. The molecule has 2 N–H and O–H groups in total. The lowest BCUT2D eigenvalue weighted by Crippen LogP contribution is -2.09. The SMILES string of the molecule is CSCCOc1cc(F)ccc1[C@@H](C)N. The molecule has 1 rings (SSSR count). The van der Waals surface area contributed by atoms with Gasteiger partial charge in [-0.25, -0.2) is 4.39 Å². The Morgan fingerprint density at radius 2 is 2.27 bits per heavy atom. The van der Waals surface area contributed by atoms with E-state index in [4.69, 9.17) is 10.5 Å². The van der Waals surface area contributed by atoms with Crippen molar-refractivity contribution in [3.8, 4) is 5.75 Å². The monoisotopic (exact) mass is 229 g/mol. The summed E-state index contributed by atoms with van der Waals surface area (Å²) >= 11 is 1.69. The van der Waals surface area contributed by atoms with Gasteiger partial charge in [0.05, 0.1) is 6.61 Å². The summed E-state index contributed by atoms with van der Waals surface area (Å²) in [6, 6.07) is 4.32. The molecule has 15 heavy (non-hydrogen) atoms. The third-order valence-electron chi connectivity index (χ3n) is 2.01. The minimum atomic E-state index is -0.293. The van der Waals surface area contributed by atoms with Gasteiger partial charge in [-0.15, -0.1) is 0 Å². The van der Waals surface area contributed by atoms with Crippen molar-refractivity contribution in [1.29, 1.82) is 0 Å². The van der Waals surface area contributed by atoms with Crippen LogP contribution in [0.5, 0.6) is 5.75 Å². The standard InChI is InChI=1S/C11H16FNOS/c1-8(13)10-4-3-9(12)7-11(10)14-5-6-15-2/h3-4,7-8H,5-6,13H2,1-2H3/t8-/m1/s1. The maximum atomic E-state index is 13.0. The molecule has 84 valence electrons. The topological polar surface area (TPSA) is 35.2 Å². The van der Waals surface area contributed by atoms with Gasteiger partial charge in [0.2, 0.25) is 0 Å². The number of benzene rings is 1. The van der Waals surface area contributed by atoms with Crippen molar-refractivity contribution in [1.82, 2.24) is 0 Å². The number of nitrogens with two attached hydrogens (primary N) is 1. The average Bonchev–Trinajstić information content (AvgIpc) is 2.18. The van der Waals surface area contributed by atoms with Crippen molar-refractivity contribution in [2.45, 2.75) is 13.0 Å². The van der Waals surface area contributed by atoms with Gasteiger partial charge >= 0.3 is 0 Å². The Morgan fingerprint density at radius 1 is 1.53 bits per heavy atom. The molecule has 2 nitrogen and oxygen atoms in total. The molecule has 0 spiro atoms. The summed E-state index contributed by atoms with van der Waals surface area (Å²) in [7, 11) is 0. The summed E-state index contributed by atoms with van der Waals surface area (Å²) in [6.45, 7) is 2.43. The predicted octanol–water partition coefficient (Wildman–Crippen LogP) is 2.59. The molecule has 0 aromatic heterocycles. The van der Waals surface area contributed by atoms with E-state index in [-0.39, 0.29) is 11.9 Å². The van der Waals surface area contributed by atoms with Crippen LogP contribution < -0.4 is 10.5 Å². The summed E-state index contributed by atoms with van der Waals surface area (Å²) in [5.41, 5.74) is 6.61. The van der Waals surface area contributed by atoms with E-state index in [2.05, 4.69) is 0 Å². The van der Waals surface area contributed by atoms with E-state index in [1.165, 1.54) is 12.1 Å². The zero-order valence-electron chi connectivity index (χ0n) is 9.00. The van der Waals surface area contributed by atoms with Crippen molar-refractivity contribution < 1.29 is 9.13 Å². The minimum Gasteiger partial charge on any atom is -0.492 e. The fraction of sp³-hybridized carbons (Fsp3) is 0.455. The van der Waals surface area contributed by atoms with Crippen LogP contribution >= 0.6 is 11.8 Å². The zero-order chi connectivity index (χ0) is 11.3. The van der Waals surface area contributed by atoms with Gasteiger partial charge in [-0.2, -0.15) is 11.8 Å². The normalized spacial score (nSPS) is 12.5. The van der Waals surface area contributed by atoms with E-state index in [9.17, 15) is 4.39 Å². The van der Waals surface area contributed by atoms with Crippen molar-refractivity contribution in [3.05, 3.63) is 29.6 Å². The highest BCUT2D eigenvalue weighted by molar-refractivity contribution is 7.98. The van der Waals surface area contributed by atoms with Gasteiger partial charge in [-0.05, 0) is 19.2 Å². The molecule has 0 unspecified atom stereocenters. The lowest BCUT2D eigenvalue weighted by molar-refractivity contribution is 0.336. The first-order valence-electron chi connectivity index (χ1n) is 4.82. The Labute approximate surface area is 94.0 Å². The first-order chi connectivity index (χ1) is 7.15. The maximum absolute atomic E-state index is 13.0. The van der Waals surface area contributed by atoms with E-state index >= 15 is 0 Å². The van der Waals surface area contributed by atoms with Crippen LogP contribution in [0.4, 0.5) is 4.39 Å². The van der Waals surface area contributed by atoms with Gasteiger partial charge in [0.15, 0.2) is 0 Å². The molecule has 0 heterocycles. The minimum absolute atomic E-state index is 0.144. The Hall–Kier alpha value is -0.740. The molecule has 0 bridgehead atoms. The molecule has 0 saturated carbocycles. The fourth-order valence-corrected chi connectivity index (χ4v) is 1.49. The number of rotatable bonds is 5. The van der Waals surface area contributed by atoms with Crippen molar-refractivity contribution in [3.63, 3.8) is 0 Å². The van der Waals surface area contributed by atoms with Gasteiger partial charge < -0.3 is 10.5 Å². The highest BCUT2D eigenvalue weighted by atomic mass is 32.2. The number of hydrogen-bond acceptors (Lipinski definition) is 3. The summed E-state index contributed by atoms with van der Waals surface area (Å²) in [4.78, 5) is 0. The Morgan fingerprint density at radius 3 is 2.87 bits per heavy atom. The Bertz CT molecular complexity index is 317. The average molecular weight is 229 g/mol. The quantitative estimate of drug-likeness (QED) is 0.788. The van der Waals surface area contributed by atoms with Crippen molar-refractivity contribution >= 4 is 11.8 Å². The smallest absolute Gasteiger partial charge is 0.127 e. The molecule has 0 amide bonds. The molecule has 1 aromatic carbocycles. The summed E-state index contributed by atoms with van der Waals surface area (Å²) in [5, 5.41) is 0. The van der Waals surface area contributed by atoms with Crippen LogP contribution in [0.25, 0.3) is 0 Å². The van der Waals surface area contributed by atoms with Crippen molar-refractivity contribution in [2.24, 2.45) is 5.73 Å². The van der Waals surface area contributed by atoms with Gasteiger partial charge in [0.1, 0.15) is 11.6 Å². The Balaban J connectivity index is 2.77. The van der Waals surface area contributed by atoms with Crippen LogP contribution in [0.15, 0.2) is 18.2 Å². The van der Waals surface area contributed by atoms with Crippen molar-refractivity contribution in [2.75, 3.05) is 18.6 Å². The number of ether oxygens (including phenoxy) is 1. The van der Waals surface area contributed by atoms with Gasteiger partial charge in [-0.1, -0.05) is 6.07 Å². The van der Waals surface area contributed by atoms with E-state index in [1.807, 2.05) is 13.2 Å². The first-order valence-corrected chi connectivity index (χ1v) is 6.21. The fourth-order valence-electron chi connectivity index (χ4n) is 1.24. The van der Waals surface area contributed by atoms with Crippen LogP contribution in [0.2, 0.25) is 0 Å². The Kier molecular flexibility index (Phi) is 4.91. The maximum Gasteiger partial charge on any atom is 0.127 e. The molecule has 0 saturated heterocycles. The van der Waals surface area contributed by atoms with Crippen LogP contribution in [-0.2, 0) is 0 Å². The second-order valence-corrected chi connectivity index (χ2v) is 4.30. The molecule has 4 heteroatoms. The molecule has 0 aliphatic rings. The van der Waals surface area contributed by atoms with E-state index in [0.29, 0.717) is 12.4 Å². The van der Waals surface area contributed by atoms with Crippen LogP contribution in [0.1, 0.15) is 18.5 Å². The van der Waals surface area contributed by atoms with Crippen LogP contribution in [0, 0.1) is 5.82 Å². The summed E-state index contributed by atoms with van der Waals surface area (Å²) < 4.78 is 18.5. The molecule has 1 aromatic rings. The third kappa shape index (κ3) is 3.72. The predicted molar refractivity (Wildman–Crippen MR) is 62.9 cm³/mol. The van der Waals surface area contributed by atoms with Crippen LogP contribution in [0.3, 0.4) is 0 Å². The third-order valence-corrected chi connectivity index (χ3v) is 2.59. The molecule has 1 atom stereocenters. The molecular weight excluding hydrogens is 213 g/mol. The van der Waals surface area contributed by atoms with Crippen LogP contribution in [-0.4, -0.2) is 18.6 Å². The molecule has 0 aliphatic carbocycles. The first kappa shape index (κ1) is 12.3. The van der Waals surface area contributed by atoms with Gasteiger partial charge in [0.25, 0.3) is 0 Å². The van der Waals surface area contributed by atoms with E-state index < -0.39 is 0 Å². The van der Waals surface area contributed by atoms with Gasteiger partial charge in [0, 0.05) is 23.4 Å². The largest absolute Gasteiger partial charge is 0.492 e. The molecule has 0 radical (unpaired) electrons. The lowest BCUT2D eigenvalue weighted by Gasteiger charge is -2.13. The number of thioether (sulfide) groups is 1. The number of halogens is 1. The second-order valence-electron chi connectivity index (χ2n) is 3.31. The summed E-state index contributed by atoms with van der Waals surface area (Å²) in [6.07, 6.45) is 2.00. The number of hydrogen-bond donors (Lipinski definition) is 1. The summed E-state index contributed by atoms with van der Waals surface area (Å²) in [5.74, 6) is 1.15. The molecule has 0 fully saturated rings. The van der Waals surface area contributed by atoms with Gasteiger partial charge in [-0.3, -0.25) is 0 Å². The lowest BCUT2D eigenvalue weighted by atomic mass is 10.1. The van der Waals surface area contributed by atoms with E-state index in [0.717, 1.165) is 11.3 Å². The van der Waals surface area contributed by atoms with E-state index in [1.54, 1.807) is 17.8 Å². The molecular formula is C11H16FNOS.